The molecule has 0 bridgehead atoms. The molecule has 3 nitrogen and oxygen atoms in total. The Morgan fingerprint density at radius 1 is 1.29 bits per heavy atom. The summed E-state index contributed by atoms with van der Waals surface area (Å²) in [5.74, 6) is 0.618. The van der Waals surface area contributed by atoms with E-state index in [1.807, 2.05) is 6.92 Å². The maximum atomic E-state index is 10.6. The number of hydrogen-bond donors (Lipinski definition) is 2. The smallest absolute Gasteiger partial charge is 0.0623 e. The van der Waals surface area contributed by atoms with Gasteiger partial charge in [-0.2, -0.15) is 0 Å². The third-order valence-electron chi connectivity index (χ3n) is 4.85. The molecule has 118 valence electrons. The molecule has 2 atom stereocenters. The normalized spacial score (nSPS) is 24.4. The van der Waals surface area contributed by atoms with Crippen LogP contribution in [0.2, 0.25) is 0 Å². The van der Waals surface area contributed by atoms with Crippen molar-refractivity contribution in [3.05, 3.63) is 34.9 Å². The van der Waals surface area contributed by atoms with Gasteiger partial charge in [0.25, 0.3) is 0 Å². The maximum absolute atomic E-state index is 10.6. The van der Waals surface area contributed by atoms with Gasteiger partial charge >= 0.3 is 0 Å². The van der Waals surface area contributed by atoms with Crippen LogP contribution in [0.5, 0.6) is 0 Å². The second-order valence-corrected chi connectivity index (χ2v) is 6.40. The maximum Gasteiger partial charge on any atom is 0.0623 e. The number of nitrogens with two attached hydrogens (primary N) is 1. The molecule has 1 aromatic carbocycles. The number of rotatable bonds is 7. The zero-order valence-corrected chi connectivity index (χ0v) is 13.5. The molecule has 1 aliphatic rings. The van der Waals surface area contributed by atoms with Crippen molar-refractivity contribution in [2.24, 2.45) is 11.7 Å². The largest absolute Gasteiger partial charge is 0.392 e. The second kappa shape index (κ2) is 7.39. The molecule has 2 unspecified atom stereocenters. The van der Waals surface area contributed by atoms with Gasteiger partial charge < -0.3 is 15.6 Å². The van der Waals surface area contributed by atoms with E-state index < -0.39 is 0 Å². The highest BCUT2D eigenvalue weighted by Crippen LogP contribution is 2.36. The Hall–Kier alpha value is -0.900. The number of aryl methyl sites for hydroxylation is 2. The molecule has 3 heteroatoms. The van der Waals surface area contributed by atoms with Crippen LogP contribution < -0.4 is 5.73 Å². The molecule has 21 heavy (non-hydrogen) atoms. The first-order chi connectivity index (χ1) is 10.0. The highest BCUT2D eigenvalue weighted by atomic mass is 16.5. The molecule has 1 fully saturated rings. The predicted octanol–water partition coefficient (Wildman–Crippen LogP) is 2.91. The van der Waals surface area contributed by atoms with Gasteiger partial charge in [0.1, 0.15) is 0 Å². The third-order valence-corrected chi connectivity index (χ3v) is 4.85. The Morgan fingerprint density at radius 3 is 2.57 bits per heavy atom. The Bertz CT molecular complexity index is 455. The van der Waals surface area contributed by atoms with Crippen LogP contribution in [-0.2, 0) is 4.74 Å². The Morgan fingerprint density at radius 2 is 2.00 bits per heavy atom. The Balaban J connectivity index is 1.92. The number of aliphatic hydroxyl groups excluding tert-OH is 1. The third kappa shape index (κ3) is 4.06. The lowest BCUT2D eigenvalue weighted by molar-refractivity contribution is -0.0398. The summed E-state index contributed by atoms with van der Waals surface area (Å²) in [4.78, 5) is 0. The average Bonchev–Trinajstić information content (AvgIpc) is 2.41. The molecule has 0 saturated heterocycles. The van der Waals surface area contributed by atoms with Gasteiger partial charge in [-0.05, 0) is 62.6 Å². The molecule has 1 saturated carbocycles. The van der Waals surface area contributed by atoms with Crippen molar-refractivity contribution >= 4 is 0 Å². The van der Waals surface area contributed by atoms with Gasteiger partial charge in [-0.25, -0.2) is 0 Å². The summed E-state index contributed by atoms with van der Waals surface area (Å²) in [7, 11) is 0. The van der Waals surface area contributed by atoms with E-state index in [2.05, 4.69) is 32.0 Å². The minimum absolute atomic E-state index is 0.0374. The van der Waals surface area contributed by atoms with Crippen molar-refractivity contribution in [1.82, 2.24) is 0 Å². The molecular weight excluding hydrogens is 262 g/mol. The minimum atomic E-state index is -0.357. The van der Waals surface area contributed by atoms with Crippen molar-refractivity contribution in [3.63, 3.8) is 0 Å². The van der Waals surface area contributed by atoms with Crippen molar-refractivity contribution in [2.45, 2.75) is 58.2 Å². The van der Waals surface area contributed by atoms with E-state index in [-0.39, 0.29) is 12.0 Å². The lowest BCUT2D eigenvalue weighted by Gasteiger charge is -2.37. The summed E-state index contributed by atoms with van der Waals surface area (Å²) in [5.41, 5.74) is 9.62. The molecule has 1 aromatic rings. The van der Waals surface area contributed by atoms with Crippen LogP contribution >= 0.6 is 0 Å². The van der Waals surface area contributed by atoms with E-state index in [1.54, 1.807) is 0 Å². The monoisotopic (exact) mass is 291 g/mol. The van der Waals surface area contributed by atoms with E-state index in [9.17, 15) is 5.11 Å². The topological polar surface area (TPSA) is 55.5 Å². The highest BCUT2D eigenvalue weighted by molar-refractivity contribution is 5.32. The Labute approximate surface area is 128 Å². The first kappa shape index (κ1) is 16.5. The van der Waals surface area contributed by atoms with Gasteiger partial charge in [-0.3, -0.25) is 0 Å². The van der Waals surface area contributed by atoms with Crippen molar-refractivity contribution in [2.75, 3.05) is 13.2 Å². The van der Waals surface area contributed by atoms with Gasteiger partial charge in [0.2, 0.25) is 0 Å². The van der Waals surface area contributed by atoms with Crippen molar-refractivity contribution < 1.29 is 9.84 Å². The molecule has 0 aromatic heterocycles. The SMILES string of the molecule is CCOC1CC(CC(O)C(CN)c2ccc(C)c(C)c2)C1. The van der Waals surface area contributed by atoms with Crippen LogP contribution in [0.1, 0.15) is 48.8 Å². The lowest BCUT2D eigenvalue weighted by Crippen LogP contribution is -2.36. The van der Waals surface area contributed by atoms with Crippen LogP contribution in [0.25, 0.3) is 0 Å². The molecule has 0 aliphatic heterocycles. The number of ether oxygens (including phenoxy) is 1. The minimum Gasteiger partial charge on any atom is -0.392 e. The fourth-order valence-corrected chi connectivity index (χ4v) is 3.26. The van der Waals surface area contributed by atoms with Gasteiger partial charge in [0.05, 0.1) is 12.2 Å². The summed E-state index contributed by atoms with van der Waals surface area (Å²) >= 11 is 0. The molecule has 2 rings (SSSR count). The summed E-state index contributed by atoms with van der Waals surface area (Å²) < 4.78 is 5.58. The molecule has 0 radical (unpaired) electrons. The van der Waals surface area contributed by atoms with Gasteiger partial charge in [-0.1, -0.05) is 18.2 Å². The molecular formula is C18H29NO2. The van der Waals surface area contributed by atoms with E-state index in [4.69, 9.17) is 10.5 Å². The quantitative estimate of drug-likeness (QED) is 0.812. The van der Waals surface area contributed by atoms with Gasteiger partial charge in [-0.15, -0.1) is 0 Å². The molecule has 0 amide bonds. The second-order valence-electron chi connectivity index (χ2n) is 6.40. The zero-order valence-electron chi connectivity index (χ0n) is 13.5. The predicted molar refractivity (Wildman–Crippen MR) is 86.5 cm³/mol. The lowest BCUT2D eigenvalue weighted by atomic mass is 9.76. The van der Waals surface area contributed by atoms with Crippen molar-refractivity contribution in [3.8, 4) is 0 Å². The number of benzene rings is 1. The van der Waals surface area contributed by atoms with Crippen LogP contribution in [0.3, 0.4) is 0 Å². The number of aliphatic hydroxyl groups is 1. The van der Waals surface area contributed by atoms with E-state index >= 15 is 0 Å². The van der Waals surface area contributed by atoms with Crippen LogP contribution in [0.4, 0.5) is 0 Å². The van der Waals surface area contributed by atoms with Gasteiger partial charge in [0, 0.05) is 19.1 Å². The van der Waals surface area contributed by atoms with E-state index in [1.165, 1.54) is 11.1 Å². The first-order valence-corrected chi connectivity index (χ1v) is 8.12. The Kier molecular flexibility index (Phi) is 5.80. The molecule has 0 heterocycles. The highest BCUT2D eigenvalue weighted by Gasteiger charge is 2.33. The summed E-state index contributed by atoms with van der Waals surface area (Å²) in [5, 5.41) is 10.6. The average molecular weight is 291 g/mol. The fraction of sp³-hybridized carbons (Fsp3) is 0.667. The van der Waals surface area contributed by atoms with Crippen LogP contribution in [0.15, 0.2) is 18.2 Å². The van der Waals surface area contributed by atoms with Crippen molar-refractivity contribution in [1.29, 1.82) is 0 Å². The fourth-order valence-electron chi connectivity index (χ4n) is 3.26. The van der Waals surface area contributed by atoms with Crippen LogP contribution in [0, 0.1) is 19.8 Å². The van der Waals surface area contributed by atoms with Crippen LogP contribution in [-0.4, -0.2) is 30.5 Å². The summed E-state index contributed by atoms with van der Waals surface area (Å²) in [6.45, 7) is 7.53. The standard InChI is InChI=1S/C18H29NO2/c1-4-21-16-8-14(9-16)10-18(20)17(11-19)15-6-5-12(2)13(3)7-15/h5-7,14,16-18,20H,4,8-11,19H2,1-3H3. The van der Waals surface area contributed by atoms with E-state index in [0.29, 0.717) is 18.6 Å². The molecule has 0 spiro atoms. The number of hydrogen-bond acceptors (Lipinski definition) is 3. The molecule has 3 N–H and O–H groups in total. The summed E-state index contributed by atoms with van der Waals surface area (Å²) in [6, 6.07) is 6.39. The summed E-state index contributed by atoms with van der Waals surface area (Å²) in [6.07, 6.45) is 3.04. The zero-order chi connectivity index (χ0) is 15.4. The van der Waals surface area contributed by atoms with E-state index in [0.717, 1.165) is 31.4 Å². The first-order valence-electron chi connectivity index (χ1n) is 8.12. The van der Waals surface area contributed by atoms with Gasteiger partial charge in [0.15, 0.2) is 0 Å². The molecule has 1 aliphatic carbocycles.